The summed E-state index contributed by atoms with van der Waals surface area (Å²) >= 11 is 6.08. The van der Waals surface area contributed by atoms with Gasteiger partial charge in [0.1, 0.15) is 11.4 Å². The summed E-state index contributed by atoms with van der Waals surface area (Å²) < 4.78 is 2.04. The molecule has 2 aromatic carbocycles. The van der Waals surface area contributed by atoms with Crippen LogP contribution in [0.1, 0.15) is 30.4 Å². The van der Waals surface area contributed by atoms with Gasteiger partial charge in [0.15, 0.2) is 5.82 Å². The molecule has 3 heterocycles. The molecule has 1 amide bonds. The van der Waals surface area contributed by atoms with Crippen LogP contribution in [0.5, 0.6) is 0 Å². The molecule has 0 bridgehead atoms. The molecule has 36 heavy (non-hydrogen) atoms. The van der Waals surface area contributed by atoms with Crippen molar-refractivity contribution in [2.75, 3.05) is 43.4 Å². The highest BCUT2D eigenvalue weighted by Crippen LogP contribution is 2.32. The molecule has 0 spiro atoms. The van der Waals surface area contributed by atoms with Crippen molar-refractivity contribution in [3.8, 4) is 22.8 Å². The van der Waals surface area contributed by atoms with Crippen LogP contribution < -0.4 is 10.2 Å². The fraction of sp³-hybridized carbons (Fsp3) is 0.296. The van der Waals surface area contributed by atoms with E-state index in [-0.39, 0.29) is 11.9 Å². The van der Waals surface area contributed by atoms with Crippen molar-refractivity contribution in [1.82, 2.24) is 24.4 Å². The summed E-state index contributed by atoms with van der Waals surface area (Å²) in [5.41, 5.74) is 4.82. The van der Waals surface area contributed by atoms with Gasteiger partial charge in [0, 0.05) is 54.2 Å². The number of imidazole rings is 2. The van der Waals surface area contributed by atoms with Gasteiger partial charge in [0.2, 0.25) is 0 Å². The van der Waals surface area contributed by atoms with E-state index in [0.717, 1.165) is 48.8 Å². The molecule has 1 aliphatic rings. The van der Waals surface area contributed by atoms with Crippen LogP contribution in [0, 0.1) is 0 Å². The smallest absolute Gasteiger partial charge is 0.273 e. The first-order valence-corrected chi connectivity index (χ1v) is 12.5. The van der Waals surface area contributed by atoms with E-state index in [1.54, 1.807) is 12.5 Å². The van der Waals surface area contributed by atoms with Crippen molar-refractivity contribution >= 4 is 28.9 Å². The number of rotatable bonds is 6. The maximum Gasteiger partial charge on any atom is 0.273 e. The molecule has 1 fully saturated rings. The number of amides is 1. The molecule has 0 atom stereocenters. The Morgan fingerprint density at radius 3 is 2.36 bits per heavy atom. The standard InChI is InChI=1S/C27H30ClN7O/c1-18(2)35-17-30-24(19-4-6-20(28)7-5-19)25(35)26-29-16-23(32-26)27(36)31-21-8-10-22(11-9-21)34-14-12-33(3)13-15-34/h4-11,16-18H,12-15H2,1-3H3,(H,29,32)(H,31,36). The Morgan fingerprint density at radius 1 is 1.00 bits per heavy atom. The van der Waals surface area contributed by atoms with E-state index in [9.17, 15) is 4.79 Å². The Hall–Kier alpha value is -3.62. The Kier molecular flexibility index (Phi) is 6.80. The number of halogens is 1. The van der Waals surface area contributed by atoms with Crippen molar-refractivity contribution in [2.45, 2.75) is 19.9 Å². The summed E-state index contributed by atoms with van der Waals surface area (Å²) in [5.74, 6) is 0.339. The lowest BCUT2D eigenvalue weighted by atomic mass is 10.1. The van der Waals surface area contributed by atoms with Crippen LogP contribution in [0.3, 0.4) is 0 Å². The SMILES string of the molecule is CC(C)n1cnc(-c2ccc(Cl)cc2)c1-c1ncc(C(=O)Nc2ccc(N3CCN(C)CC3)cc2)[nH]1. The van der Waals surface area contributed by atoms with Gasteiger partial charge in [-0.2, -0.15) is 0 Å². The fourth-order valence-electron chi connectivity index (χ4n) is 4.38. The van der Waals surface area contributed by atoms with Crippen LogP contribution in [-0.4, -0.2) is 63.6 Å². The molecule has 0 saturated carbocycles. The van der Waals surface area contributed by atoms with Gasteiger partial charge in [-0.3, -0.25) is 4.79 Å². The zero-order chi connectivity index (χ0) is 25.2. The lowest BCUT2D eigenvalue weighted by molar-refractivity contribution is 0.102. The normalized spacial score (nSPS) is 14.4. The first kappa shape index (κ1) is 24.1. The number of H-pyrrole nitrogens is 1. The third-order valence-corrected chi connectivity index (χ3v) is 6.76. The molecule has 0 unspecified atom stereocenters. The zero-order valence-electron chi connectivity index (χ0n) is 20.7. The molecule has 8 nitrogen and oxygen atoms in total. The predicted molar refractivity (Wildman–Crippen MR) is 145 cm³/mol. The Labute approximate surface area is 215 Å². The lowest BCUT2D eigenvalue weighted by Gasteiger charge is -2.34. The first-order chi connectivity index (χ1) is 17.4. The van der Waals surface area contributed by atoms with Crippen LogP contribution in [-0.2, 0) is 0 Å². The molecule has 2 aromatic heterocycles. The largest absolute Gasteiger partial charge is 0.369 e. The summed E-state index contributed by atoms with van der Waals surface area (Å²) in [4.78, 5) is 30.1. The number of anilines is 2. The Bertz CT molecular complexity index is 1330. The minimum Gasteiger partial charge on any atom is -0.369 e. The monoisotopic (exact) mass is 503 g/mol. The average molecular weight is 504 g/mol. The number of nitrogens with one attached hydrogen (secondary N) is 2. The first-order valence-electron chi connectivity index (χ1n) is 12.1. The zero-order valence-corrected chi connectivity index (χ0v) is 21.5. The van der Waals surface area contributed by atoms with E-state index >= 15 is 0 Å². The van der Waals surface area contributed by atoms with Crippen LogP contribution >= 0.6 is 11.6 Å². The molecule has 2 N–H and O–H groups in total. The van der Waals surface area contributed by atoms with Gasteiger partial charge in [-0.1, -0.05) is 23.7 Å². The number of hydrogen-bond acceptors (Lipinski definition) is 5. The number of likely N-dealkylation sites (N-methyl/N-ethyl adjacent to an activating group) is 1. The maximum absolute atomic E-state index is 13.0. The second-order valence-electron chi connectivity index (χ2n) is 9.39. The molecule has 5 rings (SSSR count). The molecule has 9 heteroatoms. The van der Waals surface area contributed by atoms with E-state index in [2.05, 4.69) is 63.1 Å². The van der Waals surface area contributed by atoms with E-state index in [1.165, 1.54) is 5.69 Å². The third kappa shape index (κ3) is 5.01. The highest BCUT2D eigenvalue weighted by molar-refractivity contribution is 6.30. The van der Waals surface area contributed by atoms with Gasteiger partial charge >= 0.3 is 0 Å². The van der Waals surface area contributed by atoms with Crippen LogP contribution in [0.2, 0.25) is 5.02 Å². The molecule has 0 aliphatic carbocycles. The Morgan fingerprint density at radius 2 is 1.69 bits per heavy atom. The van der Waals surface area contributed by atoms with Crippen LogP contribution in [0.4, 0.5) is 11.4 Å². The third-order valence-electron chi connectivity index (χ3n) is 6.51. The summed E-state index contributed by atoms with van der Waals surface area (Å²) in [6, 6.07) is 15.7. The number of aromatic nitrogens is 4. The van der Waals surface area contributed by atoms with E-state index in [1.807, 2.05) is 41.0 Å². The number of carbonyl (C=O) groups excluding carboxylic acids is 1. The topological polar surface area (TPSA) is 82.1 Å². The molecule has 1 saturated heterocycles. The Balaban J connectivity index is 1.34. The number of carbonyl (C=O) groups is 1. The fourth-order valence-corrected chi connectivity index (χ4v) is 4.51. The molecule has 0 radical (unpaired) electrons. The number of nitrogens with zero attached hydrogens (tertiary/aromatic N) is 5. The van der Waals surface area contributed by atoms with Crippen molar-refractivity contribution < 1.29 is 4.79 Å². The number of aromatic amines is 1. The lowest BCUT2D eigenvalue weighted by Crippen LogP contribution is -2.44. The van der Waals surface area contributed by atoms with Crippen molar-refractivity contribution in [2.24, 2.45) is 0 Å². The van der Waals surface area contributed by atoms with Crippen molar-refractivity contribution in [3.63, 3.8) is 0 Å². The van der Waals surface area contributed by atoms with Gasteiger partial charge < -0.3 is 24.7 Å². The average Bonchev–Trinajstić information content (AvgIpc) is 3.53. The second-order valence-corrected chi connectivity index (χ2v) is 9.82. The number of hydrogen-bond donors (Lipinski definition) is 2. The van der Waals surface area contributed by atoms with E-state index in [0.29, 0.717) is 16.5 Å². The quantitative estimate of drug-likeness (QED) is 0.379. The second kappa shape index (κ2) is 10.2. The highest BCUT2D eigenvalue weighted by Gasteiger charge is 2.21. The molecular weight excluding hydrogens is 474 g/mol. The minimum absolute atomic E-state index is 0.162. The van der Waals surface area contributed by atoms with Crippen LogP contribution in [0.25, 0.3) is 22.8 Å². The maximum atomic E-state index is 13.0. The summed E-state index contributed by atoms with van der Waals surface area (Å²) in [7, 11) is 2.14. The van der Waals surface area contributed by atoms with Gasteiger partial charge in [-0.05, 0) is 57.3 Å². The van der Waals surface area contributed by atoms with Gasteiger partial charge in [0.25, 0.3) is 5.91 Å². The predicted octanol–water partition coefficient (Wildman–Crippen LogP) is 5.18. The highest BCUT2D eigenvalue weighted by atomic mass is 35.5. The van der Waals surface area contributed by atoms with Gasteiger partial charge in [-0.15, -0.1) is 0 Å². The summed E-state index contributed by atoms with van der Waals surface area (Å²) in [6.07, 6.45) is 3.36. The summed E-state index contributed by atoms with van der Waals surface area (Å²) in [5, 5.41) is 3.63. The molecule has 1 aliphatic heterocycles. The molecule has 4 aromatic rings. The van der Waals surface area contributed by atoms with Gasteiger partial charge in [-0.25, -0.2) is 9.97 Å². The van der Waals surface area contributed by atoms with E-state index < -0.39 is 0 Å². The van der Waals surface area contributed by atoms with Gasteiger partial charge in [0.05, 0.1) is 18.2 Å². The van der Waals surface area contributed by atoms with Crippen molar-refractivity contribution in [1.29, 1.82) is 0 Å². The van der Waals surface area contributed by atoms with E-state index in [4.69, 9.17) is 11.6 Å². The molecular formula is C27H30ClN7O. The molecule has 186 valence electrons. The minimum atomic E-state index is -0.246. The number of benzene rings is 2. The van der Waals surface area contributed by atoms with Crippen LogP contribution in [0.15, 0.2) is 61.1 Å². The summed E-state index contributed by atoms with van der Waals surface area (Å²) in [6.45, 7) is 8.28. The number of piperazine rings is 1. The van der Waals surface area contributed by atoms with Crippen molar-refractivity contribution in [3.05, 3.63) is 71.8 Å².